The van der Waals surface area contributed by atoms with E-state index in [0.717, 1.165) is 0 Å². The Morgan fingerprint density at radius 1 is 1.32 bits per heavy atom. The minimum Gasteiger partial charge on any atom is -0.466 e. The van der Waals surface area contributed by atoms with Crippen molar-refractivity contribution in [1.29, 1.82) is 0 Å². The highest BCUT2D eigenvalue weighted by Gasteiger charge is 2.28. The van der Waals surface area contributed by atoms with E-state index in [1.54, 1.807) is 40.7 Å². The molecule has 0 aliphatic carbocycles. The number of furan rings is 1. The molecule has 0 spiro atoms. The Morgan fingerprint density at radius 3 is 2.32 bits per heavy atom. The Hall–Kier alpha value is -1.30. The van der Waals surface area contributed by atoms with Gasteiger partial charge in [-0.1, -0.05) is 0 Å². The molecule has 6 heteroatoms. The van der Waals surface area contributed by atoms with E-state index >= 15 is 0 Å². The molecule has 1 heterocycles. The predicted octanol–water partition coefficient (Wildman–Crippen LogP) is 1.84. The Kier molecular flexibility index (Phi) is 4.45. The van der Waals surface area contributed by atoms with Crippen LogP contribution in [0, 0.1) is 13.8 Å². The maximum absolute atomic E-state index is 11.9. The zero-order valence-electron chi connectivity index (χ0n) is 12.0. The van der Waals surface area contributed by atoms with Crippen LogP contribution < -0.4 is 5.32 Å². The molecule has 1 aromatic rings. The fourth-order valence-electron chi connectivity index (χ4n) is 1.56. The lowest BCUT2D eigenvalue weighted by Crippen LogP contribution is -2.36. The Labute approximate surface area is 114 Å². The summed E-state index contributed by atoms with van der Waals surface area (Å²) in [4.78, 5) is 11.8. The average Bonchev–Trinajstić information content (AvgIpc) is 2.55. The van der Waals surface area contributed by atoms with Gasteiger partial charge in [-0.3, -0.25) is 4.79 Å². The van der Waals surface area contributed by atoms with E-state index in [4.69, 9.17) is 4.42 Å². The van der Waals surface area contributed by atoms with Gasteiger partial charge >= 0.3 is 0 Å². The third-order valence-electron chi connectivity index (χ3n) is 2.87. The quantitative estimate of drug-likeness (QED) is 0.916. The van der Waals surface area contributed by atoms with Gasteiger partial charge in [-0.2, -0.15) is 0 Å². The molecule has 0 unspecified atom stereocenters. The van der Waals surface area contributed by atoms with Crippen molar-refractivity contribution < 1.29 is 17.6 Å². The van der Waals surface area contributed by atoms with Gasteiger partial charge in [-0.25, -0.2) is 8.42 Å². The van der Waals surface area contributed by atoms with Crippen LogP contribution in [-0.2, 0) is 9.84 Å². The van der Waals surface area contributed by atoms with Crippen LogP contribution >= 0.6 is 0 Å². The van der Waals surface area contributed by atoms with Crippen LogP contribution in [0.3, 0.4) is 0 Å². The van der Waals surface area contributed by atoms with E-state index < -0.39 is 14.6 Å². The minimum absolute atomic E-state index is 0.0713. The van der Waals surface area contributed by atoms with Crippen molar-refractivity contribution in [3.8, 4) is 0 Å². The van der Waals surface area contributed by atoms with Crippen molar-refractivity contribution >= 4 is 15.7 Å². The normalized spacial score (nSPS) is 12.5. The highest BCUT2D eigenvalue weighted by Crippen LogP contribution is 2.16. The first kappa shape index (κ1) is 15.8. The highest BCUT2D eigenvalue weighted by molar-refractivity contribution is 7.92. The lowest BCUT2D eigenvalue weighted by molar-refractivity contribution is 0.0954. The van der Waals surface area contributed by atoms with Gasteiger partial charge < -0.3 is 9.73 Å². The molecule has 0 fully saturated rings. The molecule has 0 bridgehead atoms. The molecule has 0 radical (unpaired) electrons. The predicted molar refractivity (Wildman–Crippen MR) is 74.1 cm³/mol. The highest BCUT2D eigenvalue weighted by atomic mass is 32.2. The van der Waals surface area contributed by atoms with Crippen LogP contribution in [0.1, 0.15) is 42.6 Å². The number of rotatable bonds is 4. The van der Waals surface area contributed by atoms with Crippen LogP contribution in [0.2, 0.25) is 0 Å². The van der Waals surface area contributed by atoms with Crippen LogP contribution in [0.15, 0.2) is 10.5 Å². The largest absolute Gasteiger partial charge is 0.466 e. The molecule has 1 rings (SSSR count). The number of aryl methyl sites for hydroxylation is 2. The zero-order valence-corrected chi connectivity index (χ0v) is 12.8. The second kappa shape index (κ2) is 5.36. The van der Waals surface area contributed by atoms with Gasteiger partial charge in [0, 0.05) is 6.54 Å². The molecule has 0 aromatic carbocycles. The molecule has 0 saturated heterocycles. The lowest BCUT2D eigenvalue weighted by atomic mass is 10.2. The van der Waals surface area contributed by atoms with E-state index in [1.807, 2.05) is 0 Å². The number of carbonyl (C=O) groups excluding carboxylic acids is 1. The Bertz CT molecular complexity index is 564. The monoisotopic (exact) mass is 287 g/mol. The van der Waals surface area contributed by atoms with E-state index in [0.29, 0.717) is 17.1 Å². The van der Waals surface area contributed by atoms with Crippen molar-refractivity contribution in [1.82, 2.24) is 5.32 Å². The summed E-state index contributed by atoms with van der Waals surface area (Å²) >= 11 is 0. The van der Waals surface area contributed by atoms with E-state index in [9.17, 15) is 13.2 Å². The molecule has 0 atom stereocenters. The van der Waals surface area contributed by atoms with E-state index in [1.165, 1.54) is 0 Å². The van der Waals surface area contributed by atoms with Crippen LogP contribution in [-0.4, -0.2) is 31.4 Å². The third-order valence-corrected chi connectivity index (χ3v) is 5.48. The second-order valence-electron chi connectivity index (χ2n) is 5.51. The number of hydrogen-bond acceptors (Lipinski definition) is 4. The van der Waals surface area contributed by atoms with Gasteiger partial charge in [0.25, 0.3) is 5.91 Å². The van der Waals surface area contributed by atoms with Gasteiger partial charge in [-0.15, -0.1) is 0 Å². The molecule has 0 aliphatic heterocycles. The fourth-order valence-corrected chi connectivity index (χ4v) is 2.54. The second-order valence-corrected chi connectivity index (χ2v) is 8.38. The minimum atomic E-state index is -3.22. The van der Waals surface area contributed by atoms with Gasteiger partial charge in [-0.05, 0) is 40.7 Å². The number of amides is 1. The topological polar surface area (TPSA) is 76.4 Å². The molecule has 1 amide bonds. The number of carbonyl (C=O) groups is 1. The average molecular weight is 287 g/mol. The van der Waals surface area contributed by atoms with E-state index in [-0.39, 0.29) is 18.2 Å². The van der Waals surface area contributed by atoms with Crippen molar-refractivity contribution in [3.05, 3.63) is 23.2 Å². The summed E-state index contributed by atoms with van der Waals surface area (Å²) in [6.45, 7) is 8.50. The number of nitrogens with one attached hydrogen (secondary N) is 1. The van der Waals surface area contributed by atoms with Crippen LogP contribution in [0.5, 0.6) is 0 Å². The van der Waals surface area contributed by atoms with Gasteiger partial charge in [0.15, 0.2) is 9.84 Å². The Morgan fingerprint density at radius 2 is 1.89 bits per heavy atom. The number of hydrogen-bond donors (Lipinski definition) is 1. The Balaban J connectivity index is 2.60. The smallest absolute Gasteiger partial charge is 0.254 e. The molecule has 19 heavy (non-hydrogen) atoms. The maximum Gasteiger partial charge on any atom is 0.254 e. The molecule has 0 aliphatic rings. The zero-order chi connectivity index (χ0) is 14.8. The van der Waals surface area contributed by atoms with Crippen molar-refractivity contribution in [2.24, 2.45) is 0 Å². The first-order valence-electron chi connectivity index (χ1n) is 6.12. The standard InChI is InChI=1S/C13H21NO4S/c1-9-8-11(10(2)18-9)12(15)14-6-7-19(16,17)13(3,4)5/h8H,6-7H2,1-5H3,(H,14,15). The first-order valence-corrected chi connectivity index (χ1v) is 7.77. The lowest BCUT2D eigenvalue weighted by Gasteiger charge is -2.19. The first-order chi connectivity index (χ1) is 8.54. The third kappa shape index (κ3) is 3.83. The molecule has 108 valence electrons. The van der Waals surface area contributed by atoms with Crippen molar-refractivity contribution in [3.63, 3.8) is 0 Å². The summed E-state index contributed by atoms with van der Waals surface area (Å²) in [5.74, 6) is 0.815. The van der Waals surface area contributed by atoms with Crippen LogP contribution in [0.25, 0.3) is 0 Å². The SMILES string of the molecule is Cc1cc(C(=O)NCCS(=O)(=O)C(C)(C)C)c(C)o1. The summed E-state index contributed by atoms with van der Waals surface area (Å²) < 4.78 is 28.2. The molecule has 1 N–H and O–H groups in total. The van der Waals surface area contributed by atoms with Crippen molar-refractivity contribution in [2.45, 2.75) is 39.4 Å². The van der Waals surface area contributed by atoms with Crippen LogP contribution in [0.4, 0.5) is 0 Å². The summed E-state index contributed by atoms with van der Waals surface area (Å²) in [7, 11) is -3.22. The van der Waals surface area contributed by atoms with Gasteiger partial charge in [0.1, 0.15) is 11.5 Å². The molecule has 1 aromatic heterocycles. The fraction of sp³-hybridized carbons (Fsp3) is 0.615. The van der Waals surface area contributed by atoms with Crippen molar-refractivity contribution in [2.75, 3.05) is 12.3 Å². The molecular weight excluding hydrogens is 266 g/mol. The summed E-state index contributed by atoms with van der Waals surface area (Å²) in [5.41, 5.74) is 0.450. The van der Waals surface area contributed by atoms with Gasteiger partial charge in [0.05, 0.1) is 16.1 Å². The number of sulfone groups is 1. The van der Waals surface area contributed by atoms with E-state index in [2.05, 4.69) is 5.32 Å². The molecular formula is C13H21NO4S. The molecule has 0 saturated carbocycles. The van der Waals surface area contributed by atoms with Gasteiger partial charge in [0.2, 0.25) is 0 Å². The summed E-state index contributed by atoms with van der Waals surface area (Å²) in [6.07, 6.45) is 0. The molecule has 5 nitrogen and oxygen atoms in total. The maximum atomic E-state index is 11.9. The summed E-state index contributed by atoms with van der Waals surface area (Å²) in [6, 6.07) is 1.64. The summed E-state index contributed by atoms with van der Waals surface area (Å²) in [5, 5.41) is 2.60.